The molecule has 0 saturated carbocycles. The van der Waals surface area contributed by atoms with E-state index >= 15 is 0 Å². The molecule has 0 aliphatic carbocycles. The molecule has 2 unspecified atom stereocenters. The average molecular weight is 403 g/mol. The van der Waals surface area contributed by atoms with Crippen LogP contribution in [0.5, 0.6) is 0 Å². The Bertz CT molecular complexity index is 970. The molecule has 2 aliphatic heterocycles. The number of piperidine rings is 2. The Morgan fingerprint density at radius 2 is 1.75 bits per heavy atom. The molecule has 4 rings (SSSR count). The van der Waals surface area contributed by atoms with Crippen molar-refractivity contribution >= 4 is 26.9 Å². The van der Waals surface area contributed by atoms with Crippen molar-refractivity contribution in [2.45, 2.75) is 43.0 Å². The summed E-state index contributed by atoms with van der Waals surface area (Å²) >= 11 is 0. The molecule has 2 aromatic carbocycles. The lowest BCUT2D eigenvalue weighted by Gasteiger charge is -2.42. The van der Waals surface area contributed by atoms with Gasteiger partial charge in [0.1, 0.15) is 0 Å². The molecule has 0 spiro atoms. The van der Waals surface area contributed by atoms with Gasteiger partial charge in [-0.25, -0.2) is 13.2 Å². The molecular formula is C21H26N2O4S. The summed E-state index contributed by atoms with van der Waals surface area (Å²) in [4.78, 5) is 13.5. The van der Waals surface area contributed by atoms with Crippen molar-refractivity contribution in [1.29, 1.82) is 0 Å². The van der Waals surface area contributed by atoms with E-state index in [4.69, 9.17) is 0 Å². The van der Waals surface area contributed by atoms with Crippen LogP contribution in [0.4, 0.5) is 4.79 Å². The summed E-state index contributed by atoms with van der Waals surface area (Å²) in [6.45, 7) is 1.43. The minimum absolute atomic E-state index is 0.0508. The molecule has 7 heteroatoms. The van der Waals surface area contributed by atoms with Crippen LogP contribution in [0.25, 0.3) is 10.8 Å². The second-order valence-electron chi connectivity index (χ2n) is 7.78. The van der Waals surface area contributed by atoms with Gasteiger partial charge in [-0.3, -0.25) is 0 Å². The Morgan fingerprint density at radius 1 is 0.964 bits per heavy atom. The van der Waals surface area contributed by atoms with Gasteiger partial charge in [0, 0.05) is 31.1 Å². The Hall–Kier alpha value is -2.12. The topological polar surface area (TPSA) is 77.9 Å². The molecule has 0 bridgehead atoms. The zero-order chi connectivity index (χ0) is 19.7. The lowest BCUT2D eigenvalue weighted by Crippen LogP contribution is -2.52. The van der Waals surface area contributed by atoms with E-state index in [1.54, 1.807) is 16.4 Å². The van der Waals surface area contributed by atoms with E-state index in [0.717, 1.165) is 42.9 Å². The van der Waals surface area contributed by atoms with Gasteiger partial charge in [-0.1, -0.05) is 36.4 Å². The highest BCUT2D eigenvalue weighted by molar-refractivity contribution is 7.89. The van der Waals surface area contributed by atoms with Crippen molar-refractivity contribution < 1.29 is 18.3 Å². The lowest BCUT2D eigenvalue weighted by atomic mass is 9.85. The number of hydrogen-bond donors (Lipinski definition) is 1. The summed E-state index contributed by atoms with van der Waals surface area (Å²) in [7, 11) is -3.63. The molecular weight excluding hydrogens is 376 g/mol. The summed E-state index contributed by atoms with van der Waals surface area (Å²) in [5, 5.41) is 11.2. The zero-order valence-electron chi connectivity index (χ0n) is 15.8. The van der Waals surface area contributed by atoms with Crippen LogP contribution in [0.3, 0.4) is 0 Å². The first-order chi connectivity index (χ1) is 13.5. The Morgan fingerprint density at radius 3 is 2.57 bits per heavy atom. The van der Waals surface area contributed by atoms with Crippen LogP contribution in [-0.2, 0) is 10.0 Å². The summed E-state index contributed by atoms with van der Waals surface area (Å²) in [6, 6.07) is 12.8. The van der Waals surface area contributed by atoms with E-state index in [9.17, 15) is 18.3 Å². The fourth-order valence-corrected chi connectivity index (χ4v) is 6.50. The van der Waals surface area contributed by atoms with Crippen molar-refractivity contribution in [3.63, 3.8) is 0 Å². The van der Waals surface area contributed by atoms with Gasteiger partial charge in [0.2, 0.25) is 10.0 Å². The molecule has 2 heterocycles. The minimum Gasteiger partial charge on any atom is -0.465 e. The number of fused-ring (bicyclic) bond motifs is 1. The molecule has 2 fully saturated rings. The number of nitrogens with zero attached hydrogens (tertiary/aromatic N) is 2. The number of amides is 1. The first kappa shape index (κ1) is 19.2. The van der Waals surface area contributed by atoms with Crippen LogP contribution in [0.2, 0.25) is 0 Å². The SMILES string of the molecule is O=C(O)N1CCCCC1C1CCCN(S(=O)(=O)c2cccc3ccccc23)C1. The Balaban J connectivity index is 1.62. The van der Waals surface area contributed by atoms with Gasteiger partial charge in [-0.05, 0) is 49.5 Å². The van der Waals surface area contributed by atoms with Gasteiger partial charge in [0.05, 0.1) is 4.90 Å². The lowest BCUT2D eigenvalue weighted by molar-refractivity contribution is 0.0662. The standard InChI is InChI=1S/C21H26N2O4S/c24-21(25)23-14-4-3-11-19(23)17-9-6-13-22(15-17)28(26,27)20-12-5-8-16-7-1-2-10-18(16)20/h1-2,5,7-8,10,12,17,19H,3-4,6,9,11,13-15H2,(H,24,25). The van der Waals surface area contributed by atoms with Gasteiger partial charge >= 0.3 is 6.09 Å². The third-order valence-electron chi connectivity index (χ3n) is 6.13. The molecule has 150 valence electrons. The van der Waals surface area contributed by atoms with E-state index in [0.29, 0.717) is 24.5 Å². The van der Waals surface area contributed by atoms with Crippen LogP contribution < -0.4 is 0 Å². The van der Waals surface area contributed by atoms with Crippen molar-refractivity contribution in [2.75, 3.05) is 19.6 Å². The number of benzene rings is 2. The number of carboxylic acid groups (broad SMARTS) is 1. The second kappa shape index (κ2) is 7.72. The Kier molecular flexibility index (Phi) is 5.29. The second-order valence-corrected chi connectivity index (χ2v) is 9.69. The molecule has 1 N–H and O–H groups in total. The van der Waals surface area contributed by atoms with E-state index in [1.165, 1.54) is 4.90 Å². The highest BCUT2D eigenvalue weighted by Gasteiger charge is 2.38. The van der Waals surface area contributed by atoms with Crippen molar-refractivity contribution in [3.8, 4) is 0 Å². The summed E-state index contributed by atoms with van der Waals surface area (Å²) in [5.41, 5.74) is 0. The summed E-state index contributed by atoms with van der Waals surface area (Å²) in [6.07, 6.45) is 3.45. The fourth-order valence-electron chi connectivity index (χ4n) is 4.75. The molecule has 0 radical (unpaired) electrons. The third kappa shape index (κ3) is 3.49. The van der Waals surface area contributed by atoms with Gasteiger partial charge < -0.3 is 10.0 Å². The smallest absolute Gasteiger partial charge is 0.407 e. The summed E-state index contributed by atoms with van der Waals surface area (Å²) < 4.78 is 28.4. The quantitative estimate of drug-likeness (QED) is 0.848. The normalized spacial score (nSPS) is 24.4. The molecule has 6 nitrogen and oxygen atoms in total. The van der Waals surface area contributed by atoms with Gasteiger partial charge in [0.15, 0.2) is 0 Å². The van der Waals surface area contributed by atoms with Gasteiger partial charge in [-0.2, -0.15) is 4.31 Å². The van der Waals surface area contributed by atoms with E-state index < -0.39 is 16.1 Å². The number of sulfonamides is 1. The number of carbonyl (C=O) groups is 1. The van der Waals surface area contributed by atoms with E-state index in [-0.39, 0.29) is 12.0 Å². The van der Waals surface area contributed by atoms with Crippen molar-refractivity contribution in [1.82, 2.24) is 9.21 Å². The van der Waals surface area contributed by atoms with Crippen molar-refractivity contribution in [3.05, 3.63) is 42.5 Å². The minimum atomic E-state index is -3.63. The molecule has 28 heavy (non-hydrogen) atoms. The van der Waals surface area contributed by atoms with Crippen LogP contribution in [0.1, 0.15) is 32.1 Å². The predicted molar refractivity (Wildman–Crippen MR) is 108 cm³/mol. The fraction of sp³-hybridized carbons (Fsp3) is 0.476. The van der Waals surface area contributed by atoms with Crippen LogP contribution in [0, 0.1) is 5.92 Å². The summed E-state index contributed by atoms with van der Waals surface area (Å²) in [5.74, 6) is 0.0508. The predicted octanol–water partition coefficient (Wildman–Crippen LogP) is 3.77. The van der Waals surface area contributed by atoms with Crippen LogP contribution >= 0.6 is 0 Å². The first-order valence-electron chi connectivity index (χ1n) is 9.96. The van der Waals surface area contributed by atoms with E-state index in [1.807, 2.05) is 30.3 Å². The average Bonchev–Trinajstić information content (AvgIpc) is 2.73. The zero-order valence-corrected chi connectivity index (χ0v) is 16.6. The number of rotatable bonds is 3. The molecule has 2 atom stereocenters. The van der Waals surface area contributed by atoms with Crippen LogP contribution in [-0.4, -0.2) is 54.5 Å². The van der Waals surface area contributed by atoms with Gasteiger partial charge in [0.25, 0.3) is 0 Å². The maximum Gasteiger partial charge on any atom is 0.407 e. The largest absolute Gasteiger partial charge is 0.465 e. The van der Waals surface area contributed by atoms with Gasteiger partial charge in [-0.15, -0.1) is 0 Å². The Labute approximate surface area is 165 Å². The van der Waals surface area contributed by atoms with Crippen molar-refractivity contribution in [2.24, 2.45) is 5.92 Å². The maximum atomic E-state index is 13.4. The molecule has 2 saturated heterocycles. The monoisotopic (exact) mass is 402 g/mol. The highest BCUT2D eigenvalue weighted by atomic mass is 32.2. The van der Waals surface area contributed by atoms with E-state index in [2.05, 4.69) is 0 Å². The first-order valence-corrected chi connectivity index (χ1v) is 11.4. The molecule has 0 aromatic heterocycles. The molecule has 2 aliphatic rings. The third-order valence-corrected chi connectivity index (χ3v) is 8.05. The molecule has 2 aromatic rings. The number of hydrogen-bond acceptors (Lipinski definition) is 3. The highest BCUT2D eigenvalue weighted by Crippen LogP contribution is 2.33. The maximum absolute atomic E-state index is 13.4. The molecule has 1 amide bonds. The van der Waals surface area contributed by atoms with Crippen LogP contribution in [0.15, 0.2) is 47.4 Å². The number of likely N-dealkylation sites (tertiary alicyclic amines) is 1.